The van der Waals surface area contributed by atoms with Crippen molar-refractivity contribution in [3.8, 4) is 23.3 Å². The van der Waals surface area contributed by atoms with E-state index >= 15 is 0 Å². The number of pyridine rings is 2. The van der Waals surface area contributed by atoms with Gasteiger partial charge in [-0.05, 0) is 12.1 Å². The molecule has 0 aromatic carbocycles. The topological polar surface area (TPSA) is 71.9 Å². The first kappa shape index (κ1) is 11.2. The Hall–Kier alpha value is -2.87. The number of fused-ring (bicyclic) bond motifs is 1. The van der Waals surface area contributed by atoms with Crippen LogP contribution in [0.3, 0.4) is 0 Å². The smallest absolute Gasteiger partial charge is 0.213 e. The Bertz CT molecular complexity index is 787. The van der Waals surface area contributed by atoms with Crippen molar-refractivity contribution < 1.29 is 9.15 Å². The molecule has 3 heterocycles. The molecule has 5 nitrogen and oxygen atoms in total. The highest BCUT2D eigenvalue weighted by Gasteiger charge is 2.11. The maximum atomic E-state index is 9.07. The van der Waals surface area contributed by atoms with Gasteiger partial charge in [-0.2, -0.15) is 5.26 Å². The van der Waals surface area contributed by atoms with Gasteiger partial charge < -0.3 is 9.15 Å². The van der Waals surface area contributed by atoms with Crippen LogP contribution in [0.1, 0.15) is 5.56 Å². The summed E-state index contributed by atoms with van der Waals surface area (Å²) >= 11 is 0. The number of methoxy groups -OCH3 is 1. The van der Waals surface area contributed by atoms with Crippen molar-refractivity contribution in [2.24, 2.45) is 0 Å². The van der Waals surface area contributed by atoms with Gasteiger partial charge in [-0.1, -0.05) is 0 Å². The molecule has 3 aromatic rings. The SMILES string of the molecule is COc1cc2cc(-c3ccncc3C#N)oc2cn1. The normalized spacial score (nSPS) is 10.3. The molecule has 0 saturated heterocycles. The highest BCUT2D eigenvalue weighted by Crippen LogP contribution is 2.30. The van der Waals surface area contributed by atoms with E-state index < -0.39 is 0 Å². The molecule has 0 N–H and O–H groups in total. The Morgan fingerprint density at radius 2 is 2.21 bits per heavy atom. The van der Waals surface area contributed by atoms with E-state index in [0.29, 0.717) is 28.4 Å². The summed E-state index contributed by atoms with van der Waals surface area (Å²) in [7, 11) is 1.56. The van der Waals surface area contributed by atoms with Crippen molar-refractivity contribution in [2.75, 3.05) is 7.11 Å². The Morgan fingerprint density at radius 3 is 3.00 bits per heavy atom. The van der Waals surface area contributed by atoms with Crippen LogP contribution in [0.25, 0.3) is 22.3 Å². The number of ether oxygens (including phenoxy) is 1. The number of hydrogen-bond donors (Lipinski definition) is 0. The number of hydrogen-bond acceptors (Lipinski definition) is 5. The largest absolute Gasteiger partial charge is 0.481 e. The van der Waals surface area contributed by atoms with Crippen LogP contribution in [-0.4, -0.2) is 17.1 Å². The number of aromatic nitrogens is 2. The first-order valence-electron chi connectivity index (χ1n) is 5.60. The van der Waals surface area contributed by atoms with Crippen molar-refractivity contribution in [1.29, 1.82) is 5.26 Å². The second-order valence-corrected chi connectivity index (χ2v) is 3.91. The Balaban J connectivity index is 2.18. The fourth-order valence-electron chi connectivity index (χ4n) is 1.87. The number of rotatable bonds is 2. The highest BCUT2D eigenvalue weighted by molar-refractivity contribution is 5.84. The first-order chi connectivity index (χ1) is 9.31. The molecule has 0 bridgehead atoms. The first-order valence-corrected chi connectivity index (χ1v) is 5.60. The summed E-state index contributed by atoms with van der Waals surface area (Å²) in [6.07, 6.45) is 4.74. The van der Waals surface area contributed by atoms with Crippen molar-refractivity contribution in [1.82, 2.24) is 9.97 Å². The van der Waals surface area contributed by atoms with Crippen molar-refractivity contribution >= 4 is 11.0 Å². The minimum absolute atomic E-state index is 0.474. The second-order valence-electron chi connectivity index (χ2n) is 3.91. The van der Waals surface area contributed by atoms with Crippen molar-refractivity contribution in [3.63, 3.8) is 0 Å². The van der Waals surface area contributed by atoms with Gasteiger partial charge in [0.2, 0.25) is 5.88 Å². The summed E-state index contributed by atoms with van der Waals surface area (Å²) in [6, 6.07) is 7.49. The zero-order valence-electron chi connectivity index (χ0n) is 10.1. The third-order valence-corrected chi connectivity index (χ3v) is 2.80. The summed E-state index contributed by atoms with van der Waals surface area (Å²) in [5.74, 6) is 1.14. The Morgan fingerprint density at radius 1 is 1.32 bits per heavy atom. The fraction of sp³-hybridized carbons (Fsp3) is 0.0714. The summed E-state index contributed by atoms with van der Waals surface area (Å²) in [5.41, 5.74) is 1.84. The second kappa shape index (κ2) is 4.42. The molecule has 0 spiro atoms. The molecule has 0 aliphatic carbocycles. The quantitative estimate of drug-likeness (QED) is 0.700. The van der Waals surface area contributed by atoms with Crippen LogP contribution >= 0.6 is 0 Å². The van der Waals surface area contributed by atoms with Gasteiger partial charge in [0, 0.05) is 29.4 Å². The highest BCUT2D eigenvalue weighted by atomic mass is 16.5. The van der Waals surface area contributed by atoms with Gasteiger partial charge in [0.05, 0.1) is 18.9 Å². The summed E-state index contributed by atoms with van der Waals surface area (Å²) in [4.78, 5) is 8.01. The molecule has 5 heteroatoms. The molecular weight excluding hydrogens is 242 g/mol. The molecule has 0 saturated carbocycles. The summed E-state index contributed by atoms with van der Waals surface area (Å²) in [5, 5.41) is 9.95. The lowest BCUT2D eigenvalue weighted by Crippen LogP contribution is -1.84. The predicted molar refractivity (Wildman–Crippen MR) is 68.5 cm³/mol. The average molecular weight is 251 g/mol. The number of nitrogens with zero attached hydrogens (tertiary/aromatic N) is 3. The van der Waals surface area contributed by atoms with E-state index in [9.17, 15) is 0 Å². The number of nitriles is 1. The maximum Gasteiger partial charge on any atom is 0.213 e. The van der Waals surface area contributed by atoms with Crippen LogP contribution in [0.4, 0.5) is 0 Å². The zero-order chi connectivity index (χ0) is 13.2. The third kappa shape index (κ3) is 1.89. The minimum Gasteiger partial charge on any atom is -0.481 e. The molecule has 0 radical (unpaired) electrons. The molecule has 0 amide bonds. The Labute approximate surface area is 109 Å². The van der Waals surface area contributed by atoms with E-state index in [-0.39, 0.29) is 0 Å². The van der Waals surface area contributed by atoms with Crippen LogP contribution in [-0.2, 0) is 0 Å². The van der Waals surface area contributed by atoms with E-state index in [4.69, 9.17) is 14.4 Å². The van der Waals surface area contributed by atoms with E-state index in [0.717, 1.165) is 5.39 Å². The van der Waals surface area contributed by atoms with Crippen LogP contribution in [0.15, 0.2) is 41.2 Å². The predicted octanol–water partition coefficient (Wildman–Crippen LogP) is 2.77. The molecule has 3 rings (SSSR count). The summed E-state index contributed by atoms with van der Waals surface area (Å²) < 4.78 is 10.8. The molecule has 0 unspecified atom stereocenters. The average Bonchev–Trinajstić information content (AvgIpc) is 2.89. The fourth-order valence-corrected chi connectivity index (χ4v) is 1.87. The van der Waals surface area contributed by atoms with Crippen molar-refractivity contribution in [3.05, 3.63) is 42.4 Å². The van der Waals surface area contributed by atoms with Crippen LogP contribution in [0, 0.1) is 11.3 Å². The van der Waals surface area contributed by atoms with Gasteiger partial charge in [0.15, 0.2) is 5.58 Å². The molecule has 0 aliphatic heterocycles. The van der Waals surface area contributed by atoms with Crippen LogP contribution < -0.4 is 4.74 Å². The van der Waals surface area contributed by atoms with Crippen LogP contribution in [0.2, 0.25) is 0 Å². The molecule has 0 fully saturated rings. The van der Waals surface area contributed by atoms with Gasteiger partial charge in [0.25, 0.3) is 0 Å². The molecule has 0 aliphatic rings. The molecular formula is C14H9N3O2. The lowest BCUT2D eigenvalue weighted by molar-refractivity contribution is 0.398. The minimum atomic E-state index is 0.474. The van der Waals surface area contributed by atoms with Gasteiger partial charge >= 0.3 is 0 Å². The van der Waals surface area contributed by atoms with Crippen LogP contribution in [0.5, 0.6) is 5.88 Å². The number of furan rings is 1. The zero-order valence-corrected chi connectivity index (χ0v) is 10.1. The lowest BCUT2D eigenvalue weighted by Gasteiger charge is -1.97. The molecule has 19 heavy (non-hydrogen) atoms. The monoisotopic (exact) mass is 251 g/mol. The van der Waals surface area contributed by atoms with E-state index in [1.807, 2.05) is 6.07 Å². The maximum absolute atomic E-state index is 9.07. The van der Waals surface area contributed by atoms with E-state index in [2.05, 4.69) is 16.0 Å². The summed E-state index contributed by atoms with van der Waals surface area (Å²) in [6.45, 7) is 0. The van der Waals surface area contributed by atoms with E-state index in [1.165, 1.54) is 6.20 Å². The van der Waals surface area contributed by atoms with Gasteiger partial charge in [-0.3, -0.25) is 4.98 Å². The lowest BCUT2D eigenvalue weighted by atomic mass is 10.1. The van der Waals surface area contributed by atoms with E-state index in [1.54, 1.807) is 31.6 Å². The molecule has 92 valence electrons. The van der Waals surface area contributed by atoms with Crippen molar-refractivity contribution in [2.45, 2.75) is 0 Å². The third-order valence-electron chi connectivity index (χ3n) is 2.80. The van der Waals surface area contributed by atoms with Gasteiger partial charge in [-0.15, -0.1) is 0 Å². The van der Waals surface area contributed by atoms with Gasteiger partial charge in [-0.25, -0.2) is 4.98 Å². The molecule has 0 atom stereocenters. The standard InChI is InChI=1S/C14H9N3O2/c1-18-14-5-9-4-12(19-13(9)8-17-14)11-2-3-16-7-10(11)6-15/h2-5,7-8H,1H3. The van der Waals surface area contributed by atoms with Gasteiger partial charge in [0.1, 0.15) is 11.8 Å². The Kier molecular flexibility index (Phi) is 2.62. The molecule has 3 aromatic heterocycles.